The summed E-state index contributed by atoms with van der Waals surface area (Å²) in [6.45, 7) is 4.27. The molecule has 0 heterocycles. The van der Waals surface area contributed by atoms with E-state index < -0.39 is 11.4 Å². The van der Waals surface area contributed by atoms with E-state index in [0.29, 0.717) is 12.5 Å². The lowest BCUT2D eigenvalue weighted by Crippen LogP contribution is -2.34. The Morgan fingerprint density at radius 2 is 2.20 bits per heavy atom. The van der Waals surface area contributed by atoms with Crippen LogP contribution in [0.4, 0.5) is 0 Å². The maximum atomic E-state index is 10.9. The van der Waals surface area contributed by atoms with Crippen molar-refractivity contribution in [2.75, 3.05) is 13.2 Å². The monoisotopic (exact) mass is 215 g/mol. The Kier molecular flexibility index (Phi) is 4.11. The molecule has 15 heavy (non-hydrogen) atoms. The second kappa shape index (κ2) is 4.94. The van der Waals surface area contributed by atoms with Gasteiger partial charge in [-0.1, -0.05) is 6.42 Å². The van der Waals surface area contributed by atoms with Crippen molar-refractivity contribution in [1.29, 1.82) is 0 Å². The van der Waals surface area contributed by atoms with Crippen LogP contribution in [0.25, 0.3) is 0 Å². The second-order valence-corrected chi connectivity index (χ2v) is 4.97. The number of carbonyl (C=O) groups is 1. The third kappa shape index (κ3) is 3.18. The molecule has 1 aliphatic carbocycles. The molecule has 4 heteroatoms. The normalized spacial score (nSPS) is 26.9. The Hall–Kier alpha value is -0.610. The summed E-state index contributed by atoms with van der Waals surface area (Å²) in [4.78, 5) is 10.9. The minimum atomic E-state index is -0.815. The number of hydrogen-bond donors (Lipinski definition) is 2. The van der Waals surface area contributed by atoms with Crippen molar-refractivity contribution in [2.45, 2.75) is 39.2 Å². The van der Waals surface area contributed by atoms with Crippen LogP contribution in [0, 0.1) is 11.3 Å². The lowest BCUT2D eigenvalue weighted by atomic mass is 9.95. The number of nitrogens with two attached hydrogens (primary N) is 1. The third-order valence-corrected chi connectivity index (χ3v) is 3.13. The van der Waals surface area contributed by atoms with Gasteiger partial charge in [-0.3, -0.25) is 4.79 Å². The Labute approximate surface area is 90.8 Å². The van der Waals surface area contributed by atoms with Crippen molar-refractivity contribution in [1.82, 2.24) is 0 Å². The van der Waals surface area contributed by atoms with Gasteiger partial charge in [-0.25, -0.2) is 0 Å². The van der Waals surface area contributed by atoms with Crippen LogP contribution in [0.5, 0.6) is 0 Å². The summed E-state index contributed by atoms with van der Waals surface area (Å²) in [6, 6.07) is 0. The Morgan fingerprint density at radius 1 is 1.53 bits per heavy atom. The maximum Gasteiger partial charge on any atom is 0.311 e. The largest absolute Gasteiger partial charge is 0.481 e. The summed E-state index contributed by atoms with van der Waals surface area (Å²) in [5, 5.41) is 8.93. The van der Waals surface area contributed by atoms with Crippen LogP contribution in [-0.4, -0.2) is 30.3 Å². The van der Waals surface area contributed by atoms with Gasteiger partial charge in [0.25, 0.3) is 0 Å². The van der Waals surface area contributed by atoms with Crippen molar-refractivity contribution in [2.24, 2.45) is 17.1 Å². The molecule has 4 nitrogen and oxygen atoms in total. The van der Waals surface area contributed by atoms with E-state index in [4.69, 9.17) is 15.6 Å². The van der Waals surface area contributed by atoms with Gasteiger partial charge >= 0.3 is 5.97 Å². The predicted octanol–water partition coefficient (Wildman–Crippen LogP) is 1.24. The molecule has 0 aromatic heterocycles. The van der Waals surface area contributed by atoms with Crippen molar-refractivity contribution in [3.63, 3.8) is 0 Å². The molecule has 1 saturated carbocycles. The molecule has 1 rings (SSSR count). The zero-order valence-corrected chi connectivity index (χ0v) is 9.53. The highest BCUT2D eigenvalue weighted by Gasteiger charge is 2.32. The second-order valence-electron chi connectivity index (χ2n) is 4.97. The van der Waals surface area contributed by atoms with Crippen LogP contribution >= 0.6 is 0 Å². The van der Waals surface area contributed by atoms with E-state index in [1.165, 1.54) is 0 Å². The molecular weight excluding hydrogens is 194 g/mol. The Morgan fingerprint density at radius 3 is 2.73 bits per heavy atom. The molecule has 0 saturated heterocycles. The molecular formula is C11H21NO3. The minimum absolute atomic E-state index is 0.161. The number of aliphatic carboxylic acids is 1. The van der Waals surface area contributed by atoms with E-state index in [-0.39, 0.29) is 12.7 Å². The molecule has 1 aliphatic rings. The first-order valence-electron chi connectivity index (χ1n) is 5.52. The molecule has 1 fully saturated rings. The topological polar surface area (TPSA) is 72.5 Å². The molecule has 0 radical (unpaired) electrons. The molecule has 0 amide bonds. The van der Waals surface area contributed by atoms with E-state index in [2.05, 4.69) is 0 Å². The average Bonchev–Trinajstić information content (AvgIpc) is 2.61. The molecule has 0 bridgehead atoms. The fraction of sp³-hybridized carbons (Fsp3) is 0.909. The Bertz CT molecular complexity index is 228. The third-order valence-electron chi connectivity index (χ3n) is 3.13. The zero-order valence-electron chi connectivity index (χ0n) is 9.53. The highest BCUT2D eigenvalue weighted by molar-refractivity contribution is 5.73. The summed E-state index contributed by atoms with van der Waals surface area (Å²) in [7, 11) is 0. The molecule has 3 N–H and O–H groups in total. The number of carboxylic acids is 1. The molecule has 2 atom stereocenters. The summed E-state index contributed by atoms with van der Waals surface area (Å²) in [6.07, 6.45) is 3.42. The summed E-state index contributed by atoms with van der Waals surface area (Å²) < 4.78 is 5.67. The predicted molar refractivity (Wildman–Crippen MR) is 57.6 cm³/mol. The maximum absolute atomic E-state index is 10.9. The molecule has 0 aromatic carbocycles. The first-order chi connectivity index (χ1) is 6.97. The quantitative estimate of drug-likeness (QED) is 0.723. The lowest BCUT2D eigenvalue weighted by molar-refractivity contribution is -0.152. The lowest BCUT2D eigenvalue weighted by Gasteiger charge is -2.24. The summed E-state index contributed by atoms with van der Waals surface area (Å²) in [5.74, 6) is -0.403. The van der Waals surface area contributed by atoms with Crippen LogP contribution in [0.2, 0.25) is 0 Å². The highest BCUT2D eigenvalue weighted by atomic mass is 16.5. The van der Waals surface area contributed by atoms with E-state index in [0.717, 1.165) is 19.3 Å². The van der Waals surface area contributed by atoms with Crippen LogP contribution in [0.1, 0.15) is 33.1 Å². The van der Waals surface area contributed by atoms with E-state index in [1.807, 2.05) is 0 Å². The molecule has 88 valence electrons. The SMILES string of the molecule is CC(C)(COC1CCCC1CN)C(=O)O. The number of rotatable bonds is 5. The molecule has 0 aromatic rings. The van der Waals surface area contributed by atoms with Gasteiger partial charge in [0.15, 0.2) is 0 Å². The fourth-order valence-corrected chi connectivity index (χ4v) is 1.87. The van der Waals surface area contributed by atoms with Crippen molar-refractivity contribution >= 4 is 5.97 Å². The van der Waals surface area contributed by atoms with Crippen LogP contribution < -0.4 is 5.73 Å². The average molecular weight is 215 g/mol. The van der Waals surface area contributed by atoms with Gasteiger partial charge < -0.3 is 15.6 Å². The van der Waals surface area contributed by atoms with Crippen molar-refractivity contribution < 1.29 is 14.6 Å². The molecule has 0 aliphatic heterocycles. The Balaban J connectivity index is 2.39. The number of hydrogen-bond acceptors (Lipinski definition) is 3. The molecule has 2 unspecified atom stereocenters. The van der Waals surface area contributed by atoms with Gasteiger partial charge in [0, 0.05) is 0 Å². The summed E-state index contributed by atoms with van der Waals surface area (Å²) >= 11 is 0. The minimum Gasteiger partial charge on any atom is -0.481 e. The van der Waals surface area contributed by atoms with Gasteiger partial charge in [0.05, 0.1) is 18.1 Å². The smallest absolute Gasteiger partial charge is 0.311 e. The van der Waals surface area contributed by atoms with Gasteiger partial charge in [-0.2, -0.15) is 0 Å². The standard InChI is InChI=1S/C11H21NO3/c1-11(2,10(13)14)7-15-9-5-3-4-8(9)6-12/h8-9H,3-7,12H2,1-2H3,(H,13,14). The zero-order chi connectivity index (χ0) is 11.5. The van der Waals surface area contributed by atoms with Crippen molar-refractivity contribution in [3.8, 4) is 0 Å². The van der Waals surface area contributed by atoms with Crippen LogP contribution in [-0.2, 0) is 9.53 Å². The summed E-state index contributed by atoms with van der Waals surface area (Å²) in [5.41, 5.74) is 4.82. The van der Waals surface area contributed by atoms with Crippen LogP contribution in [0.3, 0.4) is 0 Å². The van der Waals surface area contributed by atoms with Crippen LogP contribution in [0.15, 0.2) is 0 Å². The van der Waals surface area contributed by atoms with E-state index in [9.17, 15) is 4.79 Å². The first-order valence-corrected chi connectivity index (χ1v) is 5.52. The highest BCUT2D eigenvalue weighted by Crippen LogP contribution is 2.29. The first kappa shape index (κ1) is 12.5. The van der Waals surface area contributed by atoms with Gasteiger partial charge in [0.1, 0.15) is 0 Å². The van der Waals surface area contributed by atoms with E-state index in [1.54, 1.807) is 13.8 Å². The fourth-order valence-electron chi connectivity index (χ4n) is 1.87. The van der Waals surface area contributed by atoms with Gasteiger partial charge in [-0.15, -0.1) is 0 Å². The van der Waals surface area contributed by atoms with Gasteiger partial charge in [0.2, 0.25) is 0 Å². The number of ether oxygens (including phenoxy) is 1. The molecule has 0 spiro atoms. The van der Waals surface area contributed by atoms with Gasteiger partial charge in [-0.05, 0) is 39.2 Å². The van der Waals surface area contributed by atoms with E-state index >= 15 is 0 Å². The number of carboxylic acid groups (broad SMARTS) is 1. The van der Waals surface area contributed by atoms with Crippen molar-refractivity contribution in [3.05, 3.63) is 0 Å².